The molecule has 0 saturated carbocycles. The molecule has 1 rings (SSSR count). The maximum Gasteiger partial charge on any atom is 0.333 e. The van der Waals surface area contributed by atoms with Crippen molar-refractivity contribution in [2.45, 2.75) is 13.0 Å². The normalized spacial score (nSPS) is 10.2. The van der Waals surface area contributed by atoms with E-state index >= 15 is 0 Å². The molecule has 0 N–H and O–H groups in total. The molecule has 18 heavy (non-hydrogen) atoms. The van der Waals surface area contributed by atoms with E-state index in [0.717, 1.165) is 0 Å². The summed E-state index contributed by atoms with van der Waals surface area (Å²) in [6.07, 6.45) is 1.88. The van der Waals surface area contributed by atoms with Gasteiger partial charge in [-0.15, -0.1) is 0 Å². The highest BCUT2D eigenvalue weighted by atomic mass is 35.5. The summed E-state index contributed by atoms with van der Waals surface area (Å²) >= 11 is 11.4. The van der Waals surface area contributed by atoms with Gasteiger partial charge in [-0.25, -0.2) is 14.8 Å². The van der Waals surface area contributed by atoms with Gasteiger partial charge in [-0.1, -0.05) is 18.2 Å². The van der Waals surface area contributed by atoms with Gasteiger partial charge in [-0.3, -0.25) is 0 Å². The molecule has 1 aromatic rings. The number of methoxy groups -OCH3 is 1. The second-order valence-electron chi connectivity index (χ2n) is 3.35. The zero-order valence-corrected chi connectivity index (χ0v) is 11.3. The van der Waals surface area contributed by atoms with Crippen molar-refractivity contribution >= 4 is 29.2 Å². The molecule has 0 radical (unpaired) electrons. The fraction of sp³-hybridized carbons (Fsp3) is 0.364. The quantitative estimate of drug-likeness (QED) is 0.265. The van der Waals surface area contributed by atoms with E-state index in [9.17, 15) is 4.79 Å². The number of hydrogen-bond donors (Lipinski definition) is 0. The number of rotatable bonds is 6. The van der Waals surface area contributed by atoms with E-state index in [1.165, 1.54) is 13.3 Å². The Labute approximate surface area is 115 Å². The Kier molecular flexibility index (Phi) is 6.04. The zero-order valence-electron chi connectivity index (χ0n) is 9.78. The largest absolute Gasteiger partial charge is 0.466 e. The lowest BCUT2D eigenvalue weighted by molar-refractivity contribution is -0.136. The lowest BCUT2D eigenvalue weighted by Crippen LogP contribution is -2.07. The number of carbonyl (C=O) groups excluding carboxylic acids is 1. The minimum Gasteiger partial charge on any atom is -0.466 e. The fourth-order valence-electron chi connectivity index (χ4n) is 1.09. The van der Waals surface area contributed by atoms with Crippen molar-refractivity contribution < 1.29 is 14.3 Å². The first-order valence-electron chi connectivity index (χ1n) is 5.05. The van der Waals surface area contributed by atoms with E-state index < -0.39 is 5.97 Å². The van der Waals surface area contributed by atoms with Crippen LogP contribution in [0.4, 0.5) is 0 Å². The van der Waals surface area contributed by atoms with Crippen LogP contribution in [0.3, 0.4) is 0 Å². The molecule has 1 aromatic heterocycles. The zero-order chi connectivity index (χ0) is 13.5. The Hall–Kier alpha value is -1.17. The van der Waals surface area contributed by atoms with Gasteiger partial charge in [0.1, 0.15) is 5.15 Å². The van der Waals surface area contributed by atoms with Gasteiger partial charge < -0.3 is 9.47 Å². The summed E-state index contributed by atoms with van der Waals surface area (Å²) in [4.78, 5) is 18.6. The SMILES string of the molecule is C=C(CCOCc1cnc(Cl)nc1Cl)C(=O)OC. The average molecular weight is 291 g/mol. The molecule has 0 aliphatic heterocycles. The standard InChI is InChI=1S/C11H12Cl2N2O3/c1-7(10(16)17-2)3-4-18-6-8-5-14-11(13)15-9(8)12/h5H,1,3-4,6H2,2H3. The summed E-state index contributed by atoms with van der Waals surface area (Å²) in [5.41, 5.74) is 0.987. The topological polar surface area (TPSA) is 61.3 Å². The molecule has 98 valence electrons. The molecule has 0 unspecified atom stereocenters. The molecule has 0 bridgehead atoms. The van der Waals surface area contributed by atoms with Crippen molar-refractivity contribution in [3.8, 4) is 0 Å². The first-order valence-corrected chi connectivity index (χ1v) is 5.81. The van der Waals surface area contributed by atoms with Crippen LogP contribution in [0.5, 0.6) is 0 Å². The highest BCUT2D eigenvalue weighted by Crippen LogP contribution is 2.15. The Morgan fingerprint density at radius 3 is 2.83 bits per heavy atom. The molecule has 1 heterocycles. The van der Waals surface area contributed by atoms with Crippen molar-refractivity contribution in [3.63, 3.8) is 0 Å². The fourth-order valence-corrected chi connectivity index (χ4v) is 1.45. The van der Waals surface area contributed by atoms with Crippen LogP contribution in [0.2, 0.25) is 10.4 Å². The van der Waals surface area contributed by atoms with Crippen molar-refractivity contribution in [1.82, 2.24) is 9.97 Å². The number of aromatic nitrogens is 2. The molecule has 0 aliphatic carbocycles. The third-order valence-electron chi connectivity index (χ3n) is 2.06. The third-order valence-corrected chi connectivity index (χ3v) is 2.57. The van der Waals surface area contributed by atoms with Crippen LogP contribution in [0.1, 0.15) is 12.0 Å². The predicted molar refractivity (Wildman–Crippen MR) is 67.5 cm³/mol. The van der Waals surface area contributed by atoms with Crippen molar-refractivity contribution in [3.05, 3.63) is 34.3 Å². The third kappa shape index (κ3) is 4.60. The van der Waals surface area contributed by atoms with Gasteiger partial charge >= 0.3 is 5.97 Å². The molecular formula is C11H12Cl2N2O3. The number of nitrogens with zero attached hydrogens (tertiary/aromatic N) is 2. The van der Waals surface area contributed by atoms with E-state index in [2.05, 4.69) is 21.3 Å². The Morgan fingerprint density at radius 1 is 1.50 bits per heavy atom. The van der Waals surface area contributed by atoms with Crippen LogP contribution >= 0.6 is 23.2 Å². The van der Waals surface area contributed by atoms with Gasteiger partial charge in [0.25, 0.3) is 0 Å². The number of ether oxygens (including phenoxy) is 2. The van der Waals surface area contributed by atoms with Gasteiger partial charge in [0.2, 0.25) is 5.28 Å². The van der Waals surface area contributed by atoms with Crippen LogP contribution in [0, 0.1) is 0 Å². The van der Waals surface area contributed by atoms with Gasteiger partial charge in [-0.2, -0.15) is 0 Å². The van der Waals surface area contributed by atoms with Crippen LogP contribution in [-0.4, -0.2) is 29.7 Å². The van der Waals surface area contributed by atoms with E-state index in [1.54, 1.807) is 0 Å². The van der Waals surface area contributed by atoms with Crippen LogP contribution in [0.15, 0.2) is 18.3 Å². The maximum atomic E-state index is 11.0. The molecule has 0 saturated heterocycles. The van der Waals surface area contributed by atoms with Gasteiger partial charge in [0.05, 0.1) is 20.3 Å². The van der Waals surface area contributed by atoms with Gasteiger partial charge in [0, 0.05) is 23.8 Å². The second kappa shape index (κ2) is 7.31. The van der Waals surface area contributed by atoms with E-state index in [4.69, 9.17) is 27.9 Å². The maximum absolute atomic E-state index is 11.0. The van der Waals surface area contributed by atoms with Crippen molar-refractivity contribution in [2.24, 2.45) is 0 Å². The Bertz CT molecular complexity index is 452. The number of esters is 1. The first-order chi connectivity index (χ1) is 8.54. The van der Waals surface area contributed by atoms with Crippen LogP contribution < -0.4 is 0 Å². The molecule has 5 nitrogen and oxygen atoms in total. The van der Waals surface area contributed by atoms with Crippen LogP contribution in [-0.2, 0) is 20.9 Å². The number of carbonyl (C=O) groups is 1. The van der Waals surface area contributed by atoms with Crippen molar-refractivity contribution in [1.29, 1.82) is 0 Å². The van der Waals surface area contributed by atoms with Gasteiger partial charge in [-0.05, 0) is 11.6 Å². The van der Waals surface area contributed by atoms with Gasteiger partial charge in [0.15, 0.2) is 0 Å². The Balaban J connectivity index is 2.34. The van der Waals surface area contributed by atoms with Crippen LogP contribution in [0.25, 0.3) is 0 Å². The first kappa shape index (κ1) is 14.9. The highest BCUT2D eigenvalue weighted by Gasteiger charge is 2.07. The summed E-state index contributed by atoms with van der Waals surface area (Å²) in [6, 6.07) is 0. The monoisotopic (exact) mass is 290 g/mol. The molecule has 0 fully saturated rings. The average Bonchev–Trinajstić information content (AvgIpc) is 2.35. The summed E-state index contributed by atoms with van der Waals surface area (Å²) < 4.78 is 9.84. The van der Waals surface area contributed by atoms with E-state index in [0.29, 0.717) is 24.2 Å². The minimum atomic E-state index is -0.438. The summed E-state index contributed by atoms with van der Waals surface area (Å²) in [5, 5.41) is 0.338. The van der Waals surface area contributed by atoms with E-state index in [1.807, 2.05) is 0 Å². The molecule has 0 aliphatic rings. The lowest BCUT2D eigenvalue weighted by Gasteiger charge is -2.06. The van der Waals surface area contributed by atoms with E-state index in [-0.39, 0.29) is 17.0 Å². The molecule has 0 spiro atoms. The predicted octanol–water partition coefficient (Wildman–Crippen LogP) is 2.42. The number of halogens is 2. The second-order valence-corrected chi connectivity index (χ2v) is 4.05. The summed E-state index contributed by atoms with van der Waals surface area (Å²) in [6.45, 7) is 4.14. The smallest absolute Gasteiger partial charge is 0.333 e. The lowest BCUT2D eigenvalue weighted by atomic mass is 10.2. The van der Waals surface area contributed by atoms with Crippen molar-refractivity contribution in [2.75, 3.05) is 13.7 Å². The molecular weight excluding hydrogens is 279 g/mol. The molecule has 0 atom stereocenters. The molecule has 0 aromatic carbocycles. The minimum absolute atomic E-state index is 0.0859. The highest BCUT2D eigenvalue weighted by molar-refractivity contribution is 6.32. The summed E-state index contributed by atoms with van der Waals surface area (Å²) in [7, 11) is 1.30. The molecule has 0 amide bonds. The molecule has 7 heteroatoms. The number of hydrogen-bond acceptors (Lipinski definition) is 5. The summed E-state index contributed by atoms with van der Waals surface area (Å²) in [5.74, 6) is -0.438. The Morgan fingerprint density at radius 2 is 2.22 bits per heavy atom.